The molecule has 2 aromatic carbocycles. The quantitative estimate of drug-likeness (QED) is 0.484. The number of benzene rings is 2. The van der Waals surface area contributed by atoms with E-state index in [0.717, 1.165) is 67.5 Å². The molecule has 2 heterocycles. The van der Waals surface area contributed by atoms with Gasteiger partial charge in [-0.15, -0.1) is 24.8 Å². The predicted molar refractivity (Wildman–Crippen MR) is 143 cm³/mol. The monoisotopic (exact) mass is 516 g/mol. The Morgan fingerprint density at radius 2 is 1.89 bits per heavy atom. The van der Waals surface area contributed by atoms with Crippen molar-refractivity contribution in [1.29, 1.82) is 0 Å². The molecule has 1 aliphatic heterocycles. The highest BCUT2D eigenvalue weighted by Crippen LogP contribution is 2.57. The fourth-order valence-corrected chi connectivity index (χ4v) is 6.92. The topological polar surface area (TPSA) is 65.8 Å². The van der Waals surface area contributed by atoms with E-state index in [-0.39, 0.29) is 36.6 Å². The van der Waals surface area contributed by atoms with Gasteiger partial charge in [0, 0.05) is 49.1 Å². The van der Waals surface area contributed by atoms with Crippen LogP contribution >= 0.6 is 24.8 Å². The number of nitrogens with zero attached hydrogens (tertiary/aromatic N) is 2. The molecular weight excluding hydrogens is 483 g/mol. The van der Waals surface area contributed by atoms with Crippen LogP contribution in [0.2, 0.25) is 0 Å². The number of pyridine rings is 1. The van der Waals surface area contributed by atoms with Gasteiger partial charge in [0.05, 0.1) is 11.1 Å². The standard InChI is InChI=1S/C28H32N2O3.2ClH/c1-33-13-5-4-11-30-12-10-27-18-25-21(14-20-6-2-3-7-24(20)29-25)17-28(27,32)26(30)15-19-8-9-22(31)16-23(19)27;;/h2-3,6-9,14,16,26,31-32H,4-5,10-13,15,17-18H2,1H3;2*1H/t26-,27-,28-;;/m1../s1. The predicted octanol–water partition coefficient (Wildman–Crippen LogP) is 4.61. The molecule has 35 heavy (non-hydrogen) atoms. The first-order chi connectivity index (χ1) is 16.0. The van der Waals surface area contributed by atoms with Crippen LogP contribution in [0.15, 0.2) is 48.5 Å². The number of unbranched alkanes of at least 4 members (excludes halogenated alkanes) is 1. The highest BCUT2D eigenvalue weighted by atomic mass is 35.5. The van der Waals surface area contributed by atoms with Crippen LogP contribution in [0.5, 0.6) is 5.75 Å². The number of fused-ring (bicyclic) bond motifs is 3. The van der Waals surface area contributed by atoms with Crippen LogP contribution in [0, 0.1) is 0 Å². The van der Waals surface area contributed by atoms with Gasteiger partial charge in [-0.25, -0.2) is 0 Å². The van der Waals surface area contributed by atoms with Gasteiger partial charge in [-0.3, -0.25) is 9.88 Å². The van der Waals surface area contributed by atoms with Gasteiger partial charge in [0.1, 0.15) is 5.75 Å². The number of hydrogen-bond acceptors (Lipinski definition) is 5. The van der Waals surface area contributed by atoms with E-state index >= 15 is 0 Å². The first-order valence-electron chi connectivity index (χ1n) is 12.2. The van der Waals surface area contributed by atoms with E-state index in [0.29, 0.717) is 12.8 Å². The minimum Gasteiger partial charge on any atom is -0.508 e. The Labute approximate surface area is 219 Å². The smallest absolute Gasteiger partial charge is 0.115 e. The van der Waals surface area contributed by atoms with Gasteiger partial charge in [0.15, 0.2) is 0 Å². The molecule has 3 aliphatic rings. The van der Waals surface area contributed by atoms with Crippen LogP contribution in [0.3, 0.4) is 0 Å². The molecule has 2 N–H and O–H groups in total. The molecule has 1 saturated heterocycles. The zero-order valence-electron chi connectivity index (χ0n) is 20.1. The molecule has 0 saturated carbocycles. The van der Waals surface area contributed by atoms with E-state index in [1.807, 2.05) is 18.2 Å². The highest BCUT2D eigenvalue weighted by Gasteiger charge is 2.64. The third-order valence-corrected chi connectivity index (χ3v) is 8.53. The maximum atomic E-state index is 12.6. The molecule has 7 heteroatoms. The maximum Gasteiger partial charge on any atom is 0.115 e. The molecule has 2 aliphatic carbocycles. The first kappa shape index (κ1) is 26.2. The van der Waals surface area contributed by atoms with Crippen molar-refractivity contribution in [1.82, 2.24) is 9.88 Å². The molecule has 0 amide bonds. The molecule has 1 fully saturated rings. The summed E-state index contributed by atoms with van der Waals surface area (Å²) in [6.45, 7) is 2.71. The van der Waals surface area contributed by atoms with Gasteiger partial charge in [-0.1, -0.05) is 24.3 Å². The number of methoxy groups -OCH3 is 1. The Bertz CT molecular complexity index is 1220. The molecule has 0 unspecified atom stereocenters. The number of piperidine rings is 1. The average Bonchev–Trinajstić information content (AvgIpc) is 2.80. The Hall–Kier alpha value is -1.89. The molecule has 6 rings (SSSR count). The molecule has 0 spiro atoms. The number of phenolic OH excluding ortho intramolecular Hbond substituents is 1. The lowest BCUT2D eigenvalue weighted by atomic mass is 9.49. The van der Waals surface area contributed by atoms with Crippen LogP contribution < -0.4 is 0 Å². The number of aromatic nitrogens is 1. The number of para-hydroxylation sites is 1. The lowest BCUT2D eigenvalue weighted by Gasteiger charge is -2.63. The number of ether oxygens (including phenoxy) is 1. The fraction of sp³-hybridized carbons (Fsp3) is 0.464. The van der Waals surface area contributed by atoms with E-state index in [1.54, 1.807) is 13.2 Å². The number of phenols is 1. The van der Waals surface area contributed by atoms with E-state index in [9.17, 15) is 10.2 Å². The molecule has 2 bridgehead atoms. The lowest BCUT2D eigenvalue weighted by Crippen LogP contribution is -2.74. The van der Waals surface area contributed by atoms with Crippen molar-refractivity contribution < 1.29 is 14.9 Å². The molecule has 3 aromatic rings. The van der Waals surface area contributed by atoms with Crippen molar-refractivity contribution in [2.24, 2.45) is 0 Å². The van der Waals surface area contributed by atoms with Crippen LogP contribution in [0.4, 0.5) is 0 Å². The molecule has 3 atom stereocenters. The summed E-state index contributed by atoms with van der Waals surface area (Å²) in [7, 11) is 1.75. The fourth-order valence-electron chi connectivity index (χ4n) is 6.92. The van der Waals surface area contributed by atoms with E-state index in [4.69, 9.17) is 9.72 Å². The third kappa shape index (κ3) is 4.02. The highest BCUT2D eigenvalue weighted by molar-refractivity contribution is 5.85. The Balaban J connectivity index is 0.00000144. The SMILES string of the molecule is COCCCCN1CC[C@]23Cc4nc5ccccc5cc4C[C@@]2(O)[C@H]1Cc1ccc(O)cc13.Cl.Cl. The molecule has 5 nitrogen and oxygen atoms in total. The van der Waals surface area contributed by atoms with Gasteiger partial charge in [-0.2, -0.15) is 0 Å². The molecule has 188 valence electrons. The zero-order valence-corrected chi connectivity index (χ0v) is 21.7. The van der Waals surface area contributed by atoms with Gasteiger partial charge >= 0.3 is 0 Å². The lowest BCUT2D eigenvalue weighted by molar-refractivity contribution is -0.151. The number of likely N-dealkylation sites (tertiary alicyclic amines) is 1. The van der Waals surface area contributed by atoms with Crippen LogP contribution in [-0.4, -0.2) is 58.5 Å². The Kier molecular flexibility index (Phi) is 7.38. The molecule has 0 radical (unpaired) electrons. The number of aromatic hydroxyl groups is 1. The second kappa shape index (κ2) is 9.87. The summed E-state index contributed by atoms with van der Waals surface area (Å²) in [6, 6.07) is 16.3. The van der Waals surface area contributed by atoms with Crippen molar-refractivity contribution >= 4 is 35.7 Å². The number of halogens is 2. The van der Waals surface area contributed by atoms with Gasteiger partial charge in [0.25, 0.3) is 0 Å². The molecular formula is C28H34Cl2N2O3. The van der Waals surface area contributed by atoms with E-state index in [2.05, 4.69) is 29.2 Å². The number of aliphatic hydroxyl groups is 1. The van der Waals surface area contributed by atoms with E-state index < -0.39 is 11.0 Å². The van der Waals surface area contributed by atoms with Gasteiger partial charge in [-0.05, 0) is 79.7 Å². The van der Waals surface area contributed by atoms with Crippen LogP contribution in [0.1, 0.15) is 41.6 Å². The summed E-state index contributed by atoms with van der Waals surface area (Å²) >= 11 is 0. The Morgan fingerprint density at radius 3 is 2.71 bits per heavy atom. The van der Waals surface area contributed by atoms with Crippen molar-refractivity contribution in [3.8, 4) is 5.75 Å². The Morgan fingerprint density at radius 1 is 1.06 bits per heavy atom. The second-order valence-electron chi connectivity index (χ2n) is 10.2. The minimum absolute atomic E-state index is 0. The van der Waals surface area contributed by atoms with Gasteiger partial charge in [0.2, 0.25) is 0 Å². The summed E-state index contributed by atoms with van der Waals surface area (Å²) < 4.78 is 5.25. The van der Waals surface area contributed by atoms with Crippen molar-refractivity contribution in [2.45, 2.75) is 55.6 Å². The summed E-state index contributed by atoms with van der Waals surface area (Å²) in [5.41, 5.74) is 4.36. The van der Waals surface area contributed by atoms with Crippen LogP contribution in [-0.2, 0) is 29.4 Å². The number of rotatable bonds is 5. The average molecular weight is 517 g/mol. The normalized spacial score (nSPS) is 26.6. The minimum atomic E-state index is -0.884. The first-order valence-corrected chi connectivity index (χ1v) is 12.2. The van der Waals surface area contributed by atoms with Gasteiger partial charge < -0.3 is 14.9 Å². The second-order valence-corrected chi connectivity index (χ2v) is 10.2. The van der Waals surface area contributed by atoms with Crippen molar-refractivity contribution in [3.05, 3.63) is 70.9 Å². The van der Waals surface area contributed by atoms with Crippen molar-refractivity contribution in [2.75, 3.05) is 26.8 Å². The molecule has 1 aromatic heterocycles. The number of hydrogen-bond donors (Lipinski definition) is 2. The summed E-state index contributed by atoms with van der Waals surface area (Å²) in [4.78, 5) is 7.58. The zero-order chi connectivity index (χ0) is 22.6. The van der Waals surface area contributed by atoms with E-state index in [1.165, 1.54) is 11.1 Å². The summed E-state index contributed by atoms with van der Waals surface area (Å²) in [5.74, 6) is 0.281. The maximum absolute atomic E-state index is 12.6. The van der Waals surface area contributed by atoms with Crippen LogP contribution in [0.25, 0.3) is 10.9 Å². The summed E-state index contributed by atoms with van der Waals surface area (Å²) in [6.07, 6.45) is 5.11. The van der Waals surface area contributed by atoms with Crippen molar-refractivity contribution in [3.63, 3.8) is 0 Å². The third-order valence-electron chi connectivity index (χ3n) is 8.53. The largest absolute Gasteiger partial charge is 0.508 e. The summed E-state index contributed by atoms with van der Waals surface area (Å²) in [5, 5.41) is 24.1.